The first-order chi connectivity index (χ1) is 19.5. The number of likely N-dealkylation sites (tertiary alicyclic amines) is 1. The highest BCUT2D eigenvalue weighted by Gasteiger charge is 2.28. The van der Waals surface area contributed by atoms with Gasteiger partial charge in [-0.05, 0) is 75.7 Å². The van der Waals surface area contributed by atoms with Crippen LogP contribution >= 0.6 is 7.60 Å². The van der Waals surface area contributed by atoms with Crippen LogP contribution in [0, 0.1) is 0 Å². The minimum absolute atomic E-state index is 0.00445. The lowest BCUT2D eigenvalue weighted by Gasteiger charge is -2.19. The molecule has 0 atom stereocenters. The molecule has 1 aromatic heterocycles. The number of nitrogens with one attached hydrogen (secondary N) is 1. The molecule has 210 valence electrons. The van der Waals surface area contributed by atoms with E-state index in [0.29, 0.717) is 27.5 Å². The van der Waals surface area contributed by atoms with Crippen LogP contribution in [-0.2, 0) is 20.2 Å². The van der Waals surface area contributed by atoms with Crippen LogP contribution in [-0.4, -0.2) is 47.0 Å². The van der Waals surface area contributed by atoms with E-state index in [1.165, 1.54) is 31.2 Å². The van der Waals surface area contributed by atoms with Crippen LogP contribution in [0.25, 0.3) is 10.9 Å². The zero-order chi connectivity index (χ0) is 28.0. The van der Waals surface area contributed by atoms with Gasteiger partial charge >= 0.3 is 7.60 Å². The Bertz CT molecular complexity index is 1480. The summed E-state index contributed by atoms with van der Waals surface area (Å²) in [6, 6.07) is 23.4. The van der Waals surface area contributed by atoms with Gasteiger partial charge in [0.2, 0.25) is 0 Å². The molecule has 1 aliphatic rings. The van der Waals surface area contributed by atoms with Crippen LogP contribution in [0.15, 0.2) is 77.8 Å². The summed E-state index contributed by atoms with van der Waals surface area (Å²) in [5.74, 6) is -0.00445. The normalized spacial score (nSPS) is 15.4. The van der Waals surface area contributed by atoms with Crippen LogP contribution in [0.5, 0.6) is 5.88 Å². The van der Waals surface area contributed by atoms with Gasteiger partial charge in [0, 0.05) is 23.0 Å². The molecule has 0 bridgehead atoms. The fourth-order valence-electron chi connectivity index (χ4n) is 5.32. The molecule has 5 rings (SSSR count). The van der Waals surface area contributed by atoms with Crippen molar-refractivity contribution in [2.45, 2.75) is 46.1 Å². The Morgan fingerprint density at radius 2 is 1.60 bits per heavy atom. The Morgan fingerprint density at radius 3 is 2.25 bits per heavy atom. The van der Waals surface area contributed by atoms with Crippen LogP contribution < -0.4 is 5.30 Å². The van der Waals surface area contributed by atoms with Crippen molar-refractivity contribution in [2.75, 3.05) is 26.3 Å². The van der Waals surface area contributed by atoms with E-state index < -0.39 is 7.60 Å². The predicted octanol–water partition coefficient (Wildman–Crippen LogP) is 7.31. The molecule has 4 aromatic rings. The zero-order valence-electron chi connectivity index (χ0n) is 23.3. The molecular formula is C32H38N3O4P. The summed E-state index contributed by atoms with van der Waals surface area (Å²) in [4.78, 5) is 10.6. The maximum absolute atomic E-state index is 13.6. The van der Waals surface area contributed by atoms with E-state index in [2.05, 4.69) is 22.0 Å². The molecule has 2 heterocycles. The molecule has 0 spiro atoms. The lowest BCUT2D eigenvalue weighted by Crippen LogP contribution is -2.23. The van der Waals surface area contributed by atoms with Crippen molar-refractivity contribution in [1.29, 1.82) is 0 Å². The summed E-state index contributed by atoms with van der Waals surface area (Å²) < 4.78 is 24.7. The Balaban J connectivity index is 1.55. The molecule has 1 fully saturated rings. The van der Waals surface area contributed by atoms with Gasteiger partial charge < -0.3 is 19.1 Å². The second kappa shape index (κ2) is 13.0. The molecule has 7 nitrogen and oxygen atoms in total. The minimum atomic E-state index is -3.52. The number of hydrogen-bond acceptors (Lipinski definition) is 6. The SMILES string of the molecule is CCOP(=O)(OCC)c1ccc2[nH]c(O)c(C(=Nc3ccc(CN4CCCCCC4)cc3)c3ccccc3)c2c1. The van der Waals surface area contributed by atoms with Gasteiger partial charge in [-0.25, -0.2) is 4.99 Å². The first-order valence-corrected chi connectivity index (χ1v) is 15.7. The quantitative estimate of drug-likeness (QED) is 0.157. The molecule has 1 aliphatic heterocycles. The number of nitrogens with zero attached hydrogens (tertiary/aromatic N) is 2. The molecule has 2 N–H and O–H groups in total. The van der Waals surface area contributed by atoms with Gasteiger partial charge in [-0.1, -0.05) is 55.3 Å². The first kappa shape index (κ1) is 28.3. The first-order valence-electron chi connectivity index (χ1n) is 14.2. The van der Waals surface area contributed by atoms with E-state index in [-0.39, 0.29) is 19.1 Å². The largest absolute Gasteiger partial charge is 0.494 e. The van der Waals surface area contributed by atoms with Crippen molar-refractivity contribution < 1.29 is 18.7 Å². The number of benzene rings is 3. The lowest BCUT2D eigenvalue weighted by molar-refractivity contribution is 0.230. The Labute approximate surface area is 236 Å². The average molecular weight is 560 g/mol. The Morgan fingerprint density at radius 1 is 0.925 bits per heavy atom. The van der Waals surface area contributed by atoms with Crippen molar-refractivity contribution >= 4 is 35.2 Å². The summed E-state index contributed by atoms with van der Waals surface area (Å²) in [7, 11) is -3.52. The fourth-order valence-corrected chi connectivity index (χ4v) is 6.92. The average Bonchev–Trinajstić information content (AvgIpc) is 3.10. The third-order valence-corrected chi connectivity index (χ3v) is 9.35. The summed E-state index contributed by atoms with van der Waals surface area (Å²) in [5, 5.41) is 12.2. The molecule has 0 unspecified atom stereocenters. The number of aromatic nitrogens is 1. The van der Waals surface area contributed by atoms with E-state index in [1.54, 1.807) is 32.0 Å². The molecular weight excluding hydrogens is 521 g/mol. The van der Waals surface area contributed by atoms with Crippen LogP contribution in [0.2, 0.25) is 0 Å². The van der Waals surface area contributed by atoms with Gasteiger partial charge in [-0.2, -0.15) is 0 Å². The third kappa shape index (κ3) is 6.39. The second-order valence-electron chi connectivity index (χ2n) is 10.1. The second-order valence-corrected chi connectivity index (χ2v) is 12.1. The molecule has 40 heavy (non-hydrogen) atoms. The lowest BCUT2D eigenvalue weighted by atomic mass is 10.0. The number of fused-ring (bicyclic) bond motifs is 1. The molecule has 8 heteroatoms. The van der Waals surface area contributed by atoms with Gasteiger partial charge in [0.15, 0.2) is 5.88 Å². The summed E-state index contributed by atoms with van der Waals surface area (Å²) in [6.07, 6.45) is 5.18. The van der Waals surface area contributed by atoms with E-state index in [9.17, 15) is 9.67 Å². The molecule has 0 amide bonds. The number of H-pyrrole nitrogens is 1. The van der Waals surface area contributed by atoms with Crippen molar-refractivity contribution in [3.8, 4) is 5.88 Å². The monoisotopic (exact) mass is 559 g/mol. The van der Waals surface area contributed by atoms with E-state index >= 15 is 0 Å². The number of aliphatic imine (C=N–C) groups is 1. The predicted molar refractivity (Wildman–Crippen MR) is 162 cm³/mol. The molecule has 3 aromatic carbocycles. The summed E-state index contributed by atoms with van der Waals surface area (Å²) >= 11 is 0. The highest BCUT2D eigenvalue weighted by atomic mass is 31.2. The zero-order valence-corrected chi connectivity index (χ0v) is 24.2. The molecule has 0 aliphatic carbocycles. The topological polar surface area (TPSA) is 87.1 Å². The highest BCUT2D eigenvalue weighted by Crippen LogP contribution is 2.47. The Hall–Kier alpha value is -3.22. The van der Waals surface area contributed by atoms with E-state index in [0.717, 1.165) is 30.9 Å². The van der Waals surface area contributed by atoms with Gasteiger partial charge in [0.25, 0.3) is 0 Å². The molecule has 0 radical (unpaired) electrons. The molecule has 1 saturated heterocycles. The number of hydrogen-bond donors (Lipinski definition) is 2. The summed E-state index contributed by atoms with van der Waals surface area (Å²) in [6.45, 7) is 7.34. The third-order valence-electron chi connectivity index (χ3n) is 7.24. The summed E-state index contributed by atoms with van der Waals surface area (Å²) in [5.41, 5.74) is 4.77. The van der Waals surface area contributed by atoms with Crippen LogP contribution in [0.1, 0.15) is 56.2 Å². The van der Waals surface area contributed by atoms with Crippen molar-refractivity contribution in [2.24, 2.45) is 4.99 Å². The highest BCUT2D eigenvalue weighted by molar-refractivity contribution is 7.62. The molecule has 0 saturated carbocycles. The van der Waals surface area contributed by atoms with Crippen molar-refractivity contribution in [3.05, 3.63) is 89.5 Å². The van der Waals surface area contributed by atoms with Crippen LogP contribution in [0.3, 0.4) is 0 Å². The van der Waals surface area contributed by atoms with E-state index in [1.807, 2.05) is 42.5 Å². The minimum Gasteiger partial charge on any atom is -0.494 e. The fraction of sp³-hybridized carbons (Fsp3) is 0.344. The van der Waals surface area contributed by atoms with Crippen molar-refractivity contribution in [3.63, 3.8) is 0 Å². The van der Waals surface area contributed by atoms with Gasteiger partial charge in [0.05, 0.1) is 35.5 Å². The van der Waals surface area contributed by atoms with Gasteiger partial charge in [-0.15, -0.1) is 0 Å². The maximum atomic E-state index is 13.6. The van der Waals surface area contributed by atoms with E-state index in [4.69, 9.17) is 14.0 Å². The number of aromatic amines is 1. The number of aromatic hydroxyl groups is 1. The van der Waals surface area contributed by atoms with Crippen LogP contribution in [0.4, 0.5) is 5.69 Å². The maximum Gasteiger partial charge on any atom is 0.361 e. The van der Waals surface area contributed by atoms with Gasteiger partial charge in [-0.3, -0.25) is 9.46 Å². The smallest absolute Gasteiger partial charge is 0.361 e. The Kier molecular flexibility index (Phi) is 9.18. The van der Waals surface area contributed by atoms with Gasteiger partial charge in [0.1, 0.15) is 0 Å². The number of rotatable bonds is 10. The standard InChI is InChI=1S/C32H38N3O4P/c1-3-38-40(37,39-4-2)27-18-19-29-28(22-27)30(32(36)34-29)31(25-12-8-7-9-13-25)33-26-16-14-24(15-17-26)23-35-20-10-5-6-11-21-35/h7-9,12-19,22,34,36H,3-6,10-11,20-21,23H2,1-2H3. The van der Waals surface area contributed by atoms with Crippen molar-refractivity contribution in [1.82, 2.24) is 9.88 Å².